The molecular formula is C12H13N5S. The fraction of sp³-hybridized carbons (Fsp3) is 0.250. The van der Waals surface area contributed by atoms with Crippen molar-refractivity contribution in [3.05, 3.63) is 41.2 Å². The lowest BCUT2D eigenvalue weighted by Gasteiger charge is -2.02. The molecule has 0 aliphatic carbocycles. The van der Waals surface area contributed by atoms with Crippen LogP contribution in [0.25, 0.3) is 11.0 Å². The van der Waals surface area contributed by atoms with Crippen LogP contribution < -0.4 is 0 Å². The second-order valence-electron chi connectivity index (χ2n) is 4.25. The molecule has 1 N–H and O–H groups in total. The number of aromatic nitrogens is 5. The molecule has 0 aliphatic rings. The van der Waals surface area contributed by atoms with Gasteiger partial charge in [0.15, 0.2) is 4.77 Å². The van der Waals surface area contributed by atoms with Gasteiger partial charge in [-0.1, -0.05) is 0 Å². The summed E-state index contributed by atoms with van der Waals surface area (Å²) in [4.78, 5) is 7.25. The molecule has 0 radical (unpaired) electrons. The average Bonchev–Trinajstić information content (AvgIpc) is 2.90. The van der Waals surface area contributed by atoms with E-state index in [2.05, 4.69) is 19.6 Å². The molecule has 6 heteroatoms. The van der Waals surface area contributed by atoms with Crippen LogP contribution in [0.2, 0.25) is 0 Å². The summed E-state index contributed by atoms with van der Waals surface area (Å²) in [6.07, 6.45) is 8.41. The lowest BCUT2D eigenvalue weighted by molar-refractivity contribution is 0.705. The Morgan fingerprint density at radius 2 is 2.28 bits per heavy atom. The van der Waals surface area contributed by atoms with Gasteiger partial charge in [-0.2, -0.15) is 5.10 Å². The molecule has 0 spiro atoms. The molecule has 0 bridgehead atoms. The van der Waals surface area contributed by atoms with Gasteiger partial charge in [-0.25, -0.2) is 0 Å². The lowest BCUT2D eigenvalue weighted by Crippen LogP contribution is -2.00. The number of nitrogens with one attached hydrogen (secondary N) is 1. The van der Waals surface area contributed by atoms with Crippen LogP contribution in [0.3, 0.4) is 0 Å². The highest BCUT2D eigenvalue weighted by molar-refractivity contribution is 7.71. The van der Waals surface area contributed by atoms with E-state index in [4.69, 9.17) is 12.2 Å². The topological polar surface area (TPSA) is 51.4 Å². The Balaban J connectivity index is 1.90. The van der Waals surface area contributed by atoms with Crippen molar-refractivity contribution in [2.75, 3.05) is 0 Å². The number of aromatic amines is 1. The lowest BCUT2D eigenvalue weighted by atomic mass is 10.2. The van der Waals surface area contributed by atoms with Crippen molar-refractivity contribution in [1.82, 2.24) is 24.3 Å². The fourth-order valence-corrected chi connectivity index (χ4v) is 2.37. The Morgan fingerprint density at radius 1 is 1.39 bits per heavy atom. The summed E-state index contributed by atoms with van der Waals surface area (Å²) in [5.41, 5.74) is 3.29. The third kappa shape index (κ3) is 1.95. The third-order valence-corrected chi connectivity index (χ3v) is 3.28. The number of hydrogen-bond donors (Lipinski definition) is 1. The van der Waals surface area contributed by atoms with Crippen molar-refractivity contribution in [3.8, 4) is 0 Å². The summed E-state index contributed by atoms with van der Waals surface area (Å²) < 4.78 is 4.65. The minimum Gasteiger partial charge on any atom is -0.329 e. The summed E-state index contributed by atoms with van der Waals surface area (Å²) in [7, 11) is 1.92. The van der Waals surface area contributed by atoms with Gasteiger partial charge in [0.1, 0.15) is 0 Å². The van der Waals surface area contributed by atoms with Gasteiger partial charge >= 0.3 is 0 Å². The van der Waals surface area contributed by atoms with Crippen LogP contribution in [-0.4, -0.2) is 24.3 Å². The van der Waals surface area contributed by atoms with Gasteiger partial charge < -0.3 is 9.55 Å². The molecule has 0 unspecified atom stereocenters. The van der Waals surface area contributed by atoms with Gasteiger partial charge in [-0.05, 0) is 30.3 Å². The van der Waals surface area contributed by atoms with E-state index in [1.165, 1.54) is 5.56 Å². The first-order chi connectivity index (χ1) is 8.74. The summed E-state index contributed by atoms with van der Waals surface area (Å²) in [5.74, 6) is 0. The van der Waals surface area contributed by atoms with E-state index in [-0.39, 0.29) is 0 Å². The maximum absolute atomic E-state index is 5.33. The number of aryl methyl sites for hydroxylation is 3. The van der Waals surface area contributed by atoms with Crippen LogP contribution in [0.4, 0.5) is 0 Å². The number of hydrogen-bond acceptors (Lipinski definition) is 3. The van der Waals surface area contributed by atoms with Gasteiger partial charge in [0.25, 0.3) is 0 Å². The van der Waals surface area contributed by atoms with Gasteiger partial charge in [-0.15, -0.1) is 0 Å². The Bertz CT molecular complexity index is 736. The molecule has 92 valence electrons. The Hall–Kier alpha value is -1.95. The van der Waals surface area contributed by atoms with E-state index < -0.39 is 0 Å². The van der Waals surface area contributed by atoms with Crippen LogP contribution in [0.15, 0.2) is 30.9 Å². The molecule has 0 aliphatic heterocycles. The van der Waals surface area contributed by atoms with Crippen molar-refractivity contribution in [2.45, 2.75) is 13.0 Å². The predicted molar refractivity (Wildman–Crippen MR) is 71.8 cm³/mol. The highest BCUT2D eigenvalue weighted by atomic mass is 32.1. The molecule has 3 aromatic rings. The third-order valence-electron chi connectivity index (χ3n) is 2.96. The number of fused-ring (bicyclic) bond motifs is 1. The SMILES string of the molecule is Cn1cc(CCn2c(=S)[nH]c3cnccc32)cn1. The number of pyridine rings is 1. The molecule has 0 saturated carbocycles. The van der Waals surface area contributed by atoms with E-state index in [1.54, 1.807) is 12.4 Å². The summed E-state index contributed by atoms with van der Waals surface area (Å²) >= 11 is 5.33. The van der Waals surface area contributed by atoms with E-state index in [0.29, 0.717) is 0 Å². The Kier molecular flexibility index (Phi) is 2.71. The molecule has 0 aromatic carbocycles. The fourth-order valence-electron chi connectivity index (χ4n) is 2.07. The zero-order valence-electron chi connectivity index (χ0n) is 10.00. The number of nitrogens with zero attached hydrogens (tertiary/aromatic N) is 4. The smallest absolute Gasteiger partial charge is 0.178 e. The van der Waals surface area contributed by atoms with Crippen LogP contribution in [0, 0.1) is 4.77 Å². The minimum absolute atomic E-state index is 0.738. The molecule has 0 atom stereocenters. The quantitative estimate of drug-likeness (QED) is 0.733. The summed E-state index contributed by atoms with van der Waals surface area (Å²) in [6, 6.07) is 1.98. The van der Waals surface area contributed by atoms with Crippen LogP contribution in [-0.2, 0) is 20.0 Å². The number of imidazole rings is 1. The standard InChI is InChI=1S/C12H13N5S/c1-16-8-9(6-14-16)3-5-17-11-2-4-13-7-10(11)15-12(17)18/h2,4,6-8H,3,5H2,1H3,(H,15,18). The number of H-pyrrole nitrogens is 1. The van der Waals surface area contributed by atoms with E-state index in [9.17, 15) is 0 Å². The largest absolute Gasteiger partial charge is 0.329 e. The first-order valence-corrected chi connectivity index (χ1v) is 6.15. The molecule has 3 rings (SSSR count). The van der Waals surface area contributed by atoms with Crippen LogP contribution in [0.5, 0.6) is 0 Å². The molecule has 3 heterocycles. The number of rotatable bonds is 3. The van der Waals surface area contributed by atoms with Crippen molar-refractivity contribution in [1.29, 1.82) is 0 Å². The predicted octanol–water partition coefficient (Wildman–Crippen LogP) is 2.07. The Labute approximate surface area is 109 Å². The Morgan fingerprint density at radius 3 is 3.06 bits per heavy atom. The van der Waals surface area contributed by atoms with Gasteiger partial charge in [0, 0.05) is 26.0 Å². The zero-order chi connectivity index (χ0) is 12.5. The van der Waals surface area contributed by atoms with Crippen molar-refractivity contribution in [2.24, 2.45) is 7.05 Å². The zero-order valence-corrected chi connectivity index (χ0v) is 10.8. The molecule has 18 heavy (non-hydrogen) atoms. The highest BCUT2D eigenvalue weighted by Gasteiger charge is 2.04. The van der Waals surface area contributed by atoms with E-state index >= 15 is 0 Å². The van der Waals surface area contributed by atoms with Gasteiger partial charge in [-0.3, -0.25) is 9.67 Å². The maximum atomic E-state index is 5.33. The maximum Gasteiger partial charge on any atom is 0.178 e. The molecular weight excluding hydrogens is 246 g/mol. The van der Waals surface area contributed by atoms with Crippen LogP contribution in [0.1, 0.15) is 5.56 Å². The van der Waals surface area contributed by atoms with Crippen molar-refractivity contribution in [3.63, 3.8) is 0 Å². The monoisotopic (exact) mass is 259 g/mol. The molecule has 0 amide bonds. The highest BCUT2D eigenvalue weighted by Crippen LogP contribution is 2.13. The van der Waals surface area contributed by atoms with Gasteiger partial charge in [0.05, 0.1) is 23.4 Å². The van der Waals surface area contributed by atoms with Gasteiger partial charge in [0.2, 0.25) is 0 Å². The minimum atomic E-state index is 0.738. The summed E-state index contributed by atoms with van der Waals surface area (Å²) in [5, 5.41) is 4.16. The van der Waals surface area contributed by atoms with Crippen molar-refractivity contribution < 1.29 is 0 Å². The first-order valence-electron chi connectivity index (χ1n) is 5.74. The molecule has 3 aromatic heterocycles. The van der Waals surface area contributed by atoms with E-state index in [1.807, 2.05) is 30.2 Å². The second kappa shape index (κ2) is 4.38. The van der Waals surface area contributed by atoms with E-state index in [0.717, 1.165) is 28.8 Å². The average molecular weight is 259 g/mol. The van der Waals surface area contributed by atoms with Crippen LogP contribution >= 0.6 is 12.2 Å². The normalized spacial score (nSPS) is 11.2. The molecule has 0 saturated heterocycles. The first kappa shape index (κ1) is 11.2. The summed E-state index contributed by atoms with van der Waals surface area (Å²) in [6.45, 7) is 0.842. The second-order valence-corrected chi connectivity index (χ2v) is 4.63. The molecule has 0 fully saturated rings. The van der Waals surface area contributed by atoms with Crippen molar-refractivity contribution >= 4 is 23.3 Å². The molecule has 5 nitrogen and oxygen atoms in total.